The number of rotatable bonds is 4. The fraction of sp³-hybridized carbons (Fsp3) is 0.172. The molecule has 0 spiro atoms. The van der Waals surface area contributed by atoms with Gasteiger partial charge in [0, 0.05) is 5.56 Å². The van der Waals surface area contributed by atoms with E-state index in [0.29, 0.717) is 19.6 Å². The van der Waals surface area contributed by atoms with E-state index in [0.717, 1.165) is 46.6 Å². The highest BCUT2D eigenvalue weighted by Gasteiger charge is 2.32. The smallest absolute Gasteiger partial charge is 0.271 e. The number of phenolic OH excluding ortho intramolecular Hbond substituents is 1. The summed E-state index contributed by atoms with van der Waals surface area (Å²) in [5.74, 6) is 1.09. The van der Waals surface area contributed by atoms with Gasteiger partial charge >= 0.3 is 0 Å². The van der Waals surface area contributed by atoms with E-state index in [4.69, 9.17) is 14.5 Å². The Balaban J connectivity index is 1.61. The van der Waals surface area contributed by atoms with Crippen molar-refractivity contribution in [1.29, 1.82) is 0 Å². The molecule has 3 aromatic carbocycles. The number of methoxy groups -OCH3 is 2. The van der Waals surface area contributed by atoms with Crippen LogP contribution < -0.4 is 24.4 Å². The molecule has 2 aliphatic rings. The lowest BCUT2D eigenvalue weighted by atomic mass is 9.83. The Morgan fingerprint density at radius 1 is 1.08 bits per heavy atom. The predicted molar refractivity (Wildman–Crippen MR) is 148 cm³/mol. The van der Waals surface area contributed by atoms with E-state index in [-0.39, 0.29) is 17.4 Å². The van der Waals surface area contributed by atoms with Gasteiger partial charge in [-0.25, -0.2) is 4.99 Å². The second-order valence-electron chi connectivity index (χ2n) is 8.94. The van der Waals surface area contributed by atoms with E-state index in [2.05, 4.69) is 34.1 Å². The third-order valence-corrected chi connectivity index (χ3v) is 8.44. The van der Waals surface area contributed by atoms with Crippen LogP contribution in [0.25, 0.3) is 11.8 Å². The van der Waals surface area contributed by atoms with E-state index in [1.165, 1.54) is 24.0 Å². The number of aryl methyl sites for hydroxylation is 1. The molecule has 0 fully saturated rings. The van der Waals surface area contributed by atoms with Gasteiger partial charge in [0.1, 0.15) is 5.75 Å². The topological polar surface area (TPSA) is 73.1 Å². The summed E-state index contributed by atoms with van der Waals surface area (Å²) in [6, 6.07) is 19.5. The fourth-order valence-electron chi connectivity index (χ4n) is 5.12. The Morgan fingerprint density at radius 3 is 2.73 bits per heavy atom. The highest BCUT2D eigenvalue weighted by atomic mass is 79.9. The molecule has 1 N–H and O–H groups in total. The molecule has 37 heavy (non-hydrogen) atoms. The van der Waals surface area contributed by atoms with Gasteiger partial charge in [-0.3, -0.25) is 9.36 Å². The van der Waals surface area contributed by atoms with Gasteiger partial charge in [-0.2, -0.15) is 0 Å². The number of halogens is 1. The Kier molecular flexibility index (Phi) is 6.01. The highest BCUT2D eigenvalue weighted by molar-refractivity contribution is 9.10. The van der Waals surface area contributed by atoms with Crippen molar-refractivity contribution in [3.8, 4) is 17.2 Å². The Morgan fingerprint density at radius 2 is 1.92 bits per heavy atom. The molecule has 0 saturated heterocycles. The maximum absolute atomic E-state index is 13.9. The predicted octanol–water partition coefficient (Wildman–Crippen LogP) is 4.80. The summed E-state index contributed by atoms with van der Waals surface area (Å²) in [7, 11) is 3.14. The standard InChI is InChI=1S/C29H23BrN2O4S/c1-35-19-8-5-7-18(15-19)26-21-11-10-17-6-3-4-9-20(17)25(21)31-29-32(26)28(34)24(37-29)14-16-12-22(30)27(33)23(13-16)36-2/h3-9,12-15,26,33H,10-11H2,1-2H3/b24-14+/t26-/m1/s1. The zero-order chi connectivity index (χ0) is 25.7. The normalized spacial score (nSPS) is 16.5. The van der Waals surface area contributed by atoms with Gasteiger partial charge < -0.3 is 14.6 Å². The van der Waals surface area contributed by atoms with Crippen LogP contribution in [0, 0.1) is 0 Å². The lowest BCUT2D eigenvalue weighted by molar-refractivity contribution is 0.372. The largest absolute Gasteiger partial charge is 0.503 e. The maximum Gasteiger partial charge on any atom is 0.271 e. The number of allylic oxidation sites excluding steroid dienone is 1. The average Bonchev–Trinajstić information content (AvgIpc) is 3.23. The van der Waals surface area contributed by atoms with Crippen molar-refractivity contribution in [2.24, 2.45) is 4.99 Å². The Labute approximate surface area is 225 Å². The molecule has 1 aliphatic heterocycles. The quantitative estimate of drug-likeness (QED) is 0.380. The van der Waals surface area contributed by atoms with Crippen molar-refractivity contribution in [3.05, 3.63) is 113 Å². The van der Waals surface area contributed by atoms with Crippen LogP contribution in [0.15, 0.2) is 80.5 Å². The SMILES string of the molecule is COc1cccc([C@@H]2C3=C(N=c4s/c(=C/c5cc(Br)c(O)c(OC)c5)c(=O)n42)c2ccccc2CC3)c1. The molecule has 4 aromatic rings. The minimum absolute atomic E-state index is 0.0190. The molecule has 186 valence electrons. The van der Waals surface area contributed by atoms with Crippen molar-refractivity contribution < 1.29 is 14.6 Å². The third-order valence-electron chi connectivity index (χ3n) is 6.85. The highest BCUT2D eigenvalue weighted by Crippen LogP contribution is 2.41. The number of aromatic hydroxyl groups is 1. The molecule has 0 bridgehead atoms. The van der Waals surface area contributed by atoms with Crippen LogP contribution >= 0.6 is 27.3 Å². The molecule has 0 radical (unpaired) electrons. The van der Waals surface area contributed by atoms with Gasteiger partial charge in [0.2, 0.25) is 0 Å². The van der Waals surface area contributed by atoms with Crippen molar-refractivity contribution in [3.63, 3.8) is 0 Å². The van der Waals surface area contributed by atoms with Crippen LogP contribution in [0.2, 0.25) is 0 Å². The Bertz CT molecular complexity index is 1770. The first-order valence-corrected chi connectivity index (χ1v) is 13.4. The zero-order valence-corrected chi connectivity index (χ0v) is 22.6. The van der Waals surface area contributed by atoms with Crippen LogP contribution in [0.1, 0.15) is 34.7 Å². The van der Waals surface area contributed by atoms with E-state index in [1.54, 1.807) is 19.2 Å². The number of phenols is 1. The summed E-state index contributed by atoms with van der Waals surface area (Å²) in [4.78, 5) is 19.6. The first kappa shape index (κ1) is 23.8. The molecule has 0 saturated carbocycles. The van der Waals surface area contributed by atoms with Crippen LogP contribution in [0.4, 0.5) is 0 Å². The maximum atomic E-state index is 13.9. The number of thiazole rings is 1. The summed E-state index contributed by atoms with van der Waals surface area (Å²) < 4.78 is 13.7. The minimum atomic E-state index is -0.280. The summed E-state index contributed by atoms with van der Waals surface area (Å²) in [6.07, 6.45) is 3.54. The fourth-order valence-corrected chi connectivity index (χ4v) is 6.58. The monoisotopic (exact) mass is 574 g/mol. The molecule has 0 unspecified atom stereocenters. The van der Waals surface area contributed by atoms with Crippen LogP contribution in [0.5, 0.6) is 17.2 Å². The lowest BCUT2D eigenvalue weighted by Crippen LogP contribution is -2.38. The van der Waals surface area contributed by atoms with Crippen LogP contribution in [-0.4, -0.2) is 23.9 Å². The van der Waals surface area contributed by atoms with Gasteiger partial charge in [-0.05, 0) is 81.4 Å². The molecule has 1 atom stereocenters. The van der Waals surface area contributed by atoms with Gasteiger partial charge in [0.15, 0.2) is 16.3 Å². The molecule has 2 heterocycles. The van der Waals surface area contributed by atoms with Gasteiger partial charge in [-0.1, -0.05) is 47.7 Å². The van der Waals surface area contributed by atoms with Crippen molar-refractivity contribution >= 4 is 39.0 Å². The van der Waals surface area contributed by atoms with Crippen molar-refractivity contribution in [2.75, 3.05) is 14.2 Å². The molecule has 1 aliphatic carbocycles. The van der Waals surface area contributed by atoms with Crippen LogP contribution in [0.3, 0.4) is 0 Å². The van der Waals surface area contributed by atoms with E-state index >= 15 is 0 Å². The number of benzene rings is 3. The third kappa shape index (κ3) is 4.01. The second-order valence-corrected chi connectivity index (χ2v) is 10.8. The summed E-state index contributed by atoms with van der Waals surface area (Å²) in [5, 5.41) is 10.2. The minimum Gasteiger partial charge on any atom is -0.503 e. The molecule has 0 amide bonds. The van der Waals surface area contributed by atoms with Gasteiger partial charge in [0.25, 0.3) is 5.56 Å². The molecule has 1 aromatic heterocycles. The molecule has 6 rings (SSSR count). The molecule has 8 heteroatoms. The number of ether oxygens (including phenoxy) is 2. The molecule has 6 nitrogen and oxygen atoms in total. The first-order chi connectivity index (χ1) is 18.0. The van der Waals surface area contributed by atoms with Gasteiger partial charge in [-0.15, -0.1) is 0 Å². The number of hydrogen-bond acceptors (Lipinski definition) is 6. The van der Waals surface area contributed by atoms with Crippen molar-refractivity contribution in [1.82, 2.24) is 4.57 Å². The lowest BCUT2D eigenvalue weighted by Gasteiger charge is -2.31. The van der Waals surface area contributed by atoms with Gasteiger partial charge in [0.05, 0.1) is 35.0 Å². The summed E-state index contributed by atoms with van der Waals surface area (Å²) in [6.45, 7) is 0. The van der Waals surface area contributed by atoms with E-state index in [9.17, 15) is 9.90 Å². The van der Waals surface area contributed by atoms with E-state index in [1.807, 2.05) is 41.0 Å². The second kappa shape index (κ2) is 9.36. The van der Waals surface area contributed by atoms with Crippen molar-refractivity contribution in [2.45, 2.75) is 18.9 Å². The zero-order valence-electron chi connectivity index (χ0n) is 20.2. The average molecular weight is 575 g/mol. The summed E-state index contributed by atoms with van der Waals surface area (Å²) >= 11 is 4.73. The Hall–Kier alpha value is -3.62. The molecular formula is C29H23BrN2O4S. The number of fused-ring (bicyclic) bond motifs is 3. The number of nitrogens with zero attached hydrogens (tertiary/aromatic N) is 2. The molecular weight excluding hydrogens is 552 g/mol. The first-order valence-electron chi connectivity index (χ1n) is 11.8. The van der Waals surface area contributed by atoms with E-state index < -0.39 is 0 Å². The number of hydrogen-bond donors (Lipinski definition) is 1. The number of aromatic nitrogens is 1. The van der Waals surface area contributed by atoms with Crippen LogP contribution in [-0.2, 0) is 6.42 Å². The summed E-state index contributed by atoms with van der Waals surface area (Å²) in [5.41, 5.74) is 6.11.